The Bertz CT molecular complexity index is 385. The molecular formula is C18H28. The Kier molecular flexibility index (Phi) is 2.95. The Balaban J connectivity index is 1.66. The lowest BCUT2D eigenvalue weighted by atomic mass is 9.71. The molecule has 2 fully saturated rings. The van der Waals surface area contributed by atoms with Crippen molar-refractivity contribution in [1.29, 1.82) is 0 Å². The van der Waals surface area contributed by atoms with E-state index in [1.807, 2.05) is 0 Å². The summed E-state index contributed by atoms with van der Waals surface area (Å²) in [6.07, 6.45) is 10.9. The van der Waals surface area contributed by atoms with Gasteiger partial charge in [-0.1, -0.05) is 44.6 Å². The smallest absolute Gasteiger partial charge is 0.0116 e. The molecule has 3 aliphatic rings. The summed E-state index contributed by atoms with van der Waals surface area (Å²) in [5.74, 6) is 3.69. The summed E-state index contributed by atoms with van der Waals surface area (Å²) in [5, 5.41) is 0. The summed E-state index contributed by atoms with van der Waals surface area (Å²) in [4.78, 5) is 0. The van der Waals surface area contributed by atoms with Crippen LogP contribution in [0, 0.1) is 29.1 Å². The number of allylic oxidation sites excluding steroid dienone is 3. The van der Waals surface area contributed by atoms with Gasteiger partial charge in [0.05, 0.1) is 0 Å². The Morgan fingerprint density at radius 3 is 2.50 bits per heavy atom. The molecule has 18 heavy (non-hydrogen) atoms. The minimum absolute atomic E-state index is 0.454. The zero-order valence-electron chi connectivity index (χ0n) is 12.3. The van der Waals surface area contributed by atoms with Crippen molar-refractivity contribution in [3.63, 3.8) is 0 Å². The maximum atomic E-state index is 4.16. The van der Waals surface area contributed by atoms with Crippen molar-refractivity contribution in [2.75, 3.05) is 0 Å². The van der Waals surface area contributed by atoms with Crippen molar-refractivity contribution in [3.8, 4) is 0 Å². The molecule has 0 spiro atoms. The van der Waals surface area contributed by atoms with Gasteiger partial charge in [0.15, 0.2) is 0 Å². The van der Waals surface area contributed by atoms with Gasteiger partial charge in [-0.25, -0.2) is 0 Å². The van der Waals surface area contributed by atoms with Gasteiger partial charge < -0.3 is 0 Å². The maximum Gasteiger partial charge on any atom is -0.0116 e. The van der Waals surface area contributed by atoms with Crippen LogP contribution in [0.15, 0.2) is 23.8 Å². The van der Waals surface area contributed by atoms with Crippen LogP contribution in [0.5, 0.6) is 0 Å². The molecule has 3 rings (SSSR count). The fourth-order valence-electron chi connectivity index (χ4n) is 4.43. The molecule has 0 N–H and O–H groups in total. The van der Waals surface area contributed by atoms with E-state index in [-0.39, 0.29) is 0 Å². The average Bonchev–Trinajstić information content (AvgIpc) is 2.77. The van der Waals surface area contributed by atoms with Gasteiger partial charge in [0.1, 0.15) is 0 Å². The van der Waals surface area contributed by atoms with Crippen LogP contribution in [-0.2, 0) is 0 Å². The monoisotopic (exact) mass is 244 g/mol. The fourth-order valence-corrected chi connectivity index (χ4v) is 4.43. The molecule has 3 aliphatic carbocycles. The first-order chi connectivity index (χ1) is 8.48. The summed E-state index contributed by atoms with van der Waals surface area (Å²) >= 11 is 0. The van der Waals surface area contributed by atoms with Gasteiger partial charge in [0.2, 0.25) is 0 Å². The van der Waals surface area contributed by atoms with Gasteiger partial charge in [-0.2, -0.15) is 0 Å². The number of hydrogen-bond acceptors (Lipinski definition) is 0. The maximum absolute atomic E-state index is 4.16. The minimum atomic E-state index is 0.454. The van der Waals surface area contributed by atoms with Gasteiger partial charge in [0, 0.05) is 0 Å². The highest BCUT2D eigenvalue weighted by atomic mass is 14.5. The largest absolute Gasteiger partial charge is 0.0995 e. The standard InChI is InChI=1S/C18H28/c1-12-5-7-15(9-12)18(3,4)16-8-6-14(11-16)17-10-13(17)2/h7,12,14,16-17H,2,5-6,8-11H2,1,3-4H3. The molecule has 0 heterocycles. The summed E-state index contributed by atoms with van der Waals surface area (Å²) in [7, 11) is 0. The van der Waals surface area contributed by atoms with E-state index in [0.717, 1.165) is 23.7 Å². The molecule has 0 aromatic heterocycles. The highest BCUT2D eigenvalue weighted by Crippen LogP contribution is 2.55. The quantitative estimate of drug-likeness (QED) is 0.586. The van der Waals surface area contributed by atoms with Gasteiger partial charge in [-0.3, -0.25) is 0 Å². The van der Waals surface area contributed by atoms with E-state index >= 15 is 0 Å². The van der Waals surface area contributed by atoms with Crippen LogP contribution in [-0.4, -0.2) is 0 Å². The van der Waals surface area contributed by atoms with Crippen LogP contribution >= 0.6 is 0 Å². The second-order valence-corrected chi connectivity index (χ2v) is 7.73. The summed E-state index contributed by atoms with van der Waals surface area (Å²) in [6.45, 7) is 11.6. The Hall–Kier alpha value is -0.520. The average molecular weight is 244 g/mol. The highest BCUT2D eigenvalue weighted by molar-refractivity contribution is 5.23. The summed E-state index contributed by atoms with van der Waals surface area (Å²) < 4.78 is 0. The van der Waals surface area contributed by atoms with Gasteiger partial charge >= 0.3 is 0 Å². The predicted molar refractivity (Wildman–Crippen MR) is 78.3 cm³/mol. The van der Waals surface area contributed by atoms with Crippen LogP contribution in [0.1, 0.15) is 59.3 Å². The topological polar surface area (TPSA) is 0 Å². The summed E-state index contributed by atoms with van der Waals surface area (Å²) in [5.41, 5.74) is 3.75. The van der Waals surface area contributed by atoms with Crippen LogP contribution in [0.25, 0.3) is 0 Å². The minimum Gasteiger partial charge on any atom is -0.0995 e. The lowest BCUT2D eigenvalue weighted by Gasteiger charge is -2.34. The van der Waals surface area contributed by atoms with E-state index in [9.17, 15) is 0 Å². The number of rotatable bonds is 3. The van der Waals surface area contributed by atoms with Gasteiger partial charge in [-0.15, -0.1) is 0 Å². The zero-order chi connectivity index (χ0) is 12.9. The molecule has 0 aromatic carbocycles. The van der Waals surface area contributed by atoms with Crippen LogP contribution in [0.3, 0.4) is 0 Å². The molecule has 0 nitrogen and oxygen atoms in total. The first-order valence-electron chi connectivity index (χ1n) is 7.85. The first kappa shape index (κ1) is 12.5. The molecule has 0 heteroatoms. The van der Waals surface area contributed by atoms with E-state index < -0.39 is 0 Å². The van der Waals surface area contributed by atoms with Crippen LogP contribution < -0.4 is 0 Å². The van der Waals surface area contributed by atoms with Crippen LogP contribution in [0.2, 0.25) is 0 Å². The van der Waals surface area contributed by atoms with Crippen molar-refractivity contribution in [2.24, 2.45) is 29.1 Å². The fraction of sp³-hybridized carbons (Fsp3) is 0.778. The zero-order valence-corrected chi connectivity index (χ0v) is 12.3. The lowest BCUT2D eigenvalue weighted by Crippen LogP contribution is -2.24. The van der Waals surface area contributed by atoms with Crippen molar-refractivity contribution in [1.82, 2.24) is 0 Å². The third-order valence-corrected chi connectivity index (χ3v) is 6.07. The van der Waals surface area contributed by atoms with Crippen molar-refractivity contribution in [2.45, 2.75) is 59.3 Å². The molecule has 100 valence electrons. The Labute approximate surface area is 113 Å². The molecule has 0 bridgehead atoms. The molecule has 2 saturated carbocycles. The summed E-state index contributed by atoms with van der Waals surface area (Å²) in [6, 6.07) is 0. The van der Waals surface area contributed by atoms with Crippen LogP contribution in [0.4, 0.5) is 0 Å². The third-order valence-electron chi connectivity index (χ3n) is 6.07. The normalized spacial score (nSPS) is 40.2. The molecule has 0 radical (unpaired) electrons. The van der Waals surface area contributed by atoms with E-state index in [4.69, 9.17) is 0 Å². The van der Waals surface area contributed by atoms with Gasteiger partial charge in [-0.05, 0) is 67.6 Å². The molecule has 4 atom stereocenters. The third kappa shape index (κ3) is 2.08. The van der Waals surface area contributed by atoms with E-state index in [1.165, 1.54) is 44.1 Å². The second-order valence-electron chi connectivity index (χ2n) is 7.73. The highest BCUT2D eigenvalue weighted by Gasteiger charge is 2.45. The van der Waals surface area contributed by atoms with Gasteiger partial charge in [0.25, 0.3) is 0 Å². The lowest BCUT2D eigenvalue weighted by molar-refractivity contribution is 0.251. The SMILES string of the molecule is C=C1CC1C1CCC(C(C)(C)C2=CCC(C)C2)C1. The molecule has 0 saturated heterocycles. The van der Waals surface area contributed by atoms with Crippen molar-refractivity contribution >= 4 is 0 Å². The Morgan fingerprint density at radius 1 is 1.22 bits per heavy atom. The van der Waals surface area contributed by atoms with E-state index in [0.29, 0.717) is 5.41 Å². The molecule has 4 unspecified atom stereocenters. The molecule has 0 aromatic rings. The first-order valence-corrected chi connectivity index (χ1v) is 7.85. The molecule has 0 aliphatic heterocycles. The molecule has 0 amide bonds. The number of hydrogen-bond donors (Lipinski definition) is 0. The second kappa shape index (κ2) is 4.25. The predicted octanol–water partition coefficient (Wildman–Crippen LogP) is 5.36. The van der Waals surface area contributed by atoms with Crippen molar-refractivity contribution < 1.29 is 0 Å². The van der Waals surface area contributed by atoms with Crippen molar-refractivity contribution in [3.05, 3.63) is 23.8 Å². The van der Waals surface area contributed by atoms with E-state index in [1.54, 1.807) is 5.57 Å². The Morgan fingerprint density at radius 2 is 1.94 bits per heavy atom. The van der Waals surface area contributed by atoms with E-state index in [2.05, 4.69) is 33.4 Å². The molecular weight excluding hydrogens is 216 g/mol.